The number of rotatable bonds is 19. The van der Waals surface area contributed by atoms with Crippen LogP contribution >= 0.6 is 34.0 Å². The summed E-state index contributed by atoms with van der Waals surface area (Å²) in [5, 5.41) is 14.1. The van der Waals surface area contributed by atoms with Crippen LogP contribution in [0.1, 0.15) is 0 Å². The fraction of sp³-hybridized carbons (Fsp3) is 0. The van der Waals surface area contributed by atoms with Crippen molar-refractivity contribution in [2.24, 2.45) is 0 Å². The first-order valence-electron chi connectivity index (χ1n) is 46.5. The summed E-state index contributed by atoms with van der Waals surface area (Å²) in [6.45, 7) is 0. The largest absolute Gasteiger partial charge is 0.456 e. The number of furan rings is 2. The van der Waals surface area contributed by atoms with Gasteiger partial charge in [-0.25, -0.2) is 0 Å². The van der Waals surface area contributed by atoms with Crippen molar-refractivity contribution in [2.45, 2.75) is 0 Å². The molecule has 6 aromatic heterocycles. The lowest BCUT2D eigenvalue weighted by Crippen LogP contribution is -2.10. The molecule has 27 rings (SSSR count). The Labute approximate surface area is 808 Å². The van der Waals surface area contributed by atoms with Crippen molar-refractivity contribution in [3.63, 3.8) is 0 Å². The summed E-state index contributed by atoms with van der Waals surface area (Å²) >= 11 is 5.55. The summed E-state index contributed by atoms with van der Waals surface area (Å²) in [5.74, 6) is 0. The van der Waals surface area contributed by atoms with E-state index in [1.54, 1.807) is 0 Å². The molecule has 12 heteroatoms. The van der Waals surface area contributed by atoms with Crippen molar-refractivity contribution in [1.29, 1.82) is 0 Å². The van der Waals surface area contributed by atoms with Gasteiger partial charge in [0.25, 0.3) is 0 Å². The minimum absolute atomic E-state index is 0.836. The molecule has 0 spiro atoms. The molecule has 21 aromatic carbocycles. The lowest BCUT2D eigenvalue weighted by Gasteiger charge is -2.26. The monoisotopic (exact) mass is 1820 g/mol. The SMILES string of the molecule is c1ccc(N(c2ccccc2)c2ccc3c(c2)sc2ccc(N(c4ccc5oc6ccccc6c5c4)c4ccc5oc6ccc(N(c7ccccc7)c7ccccc7)cc6c5c4)cc23)cc1.c1ccc(N(c2ccccc2)c2ccc3c(c2)sc2ccc(N(c4ccccc4)c4ccc5c(c4)c4cc(N(c6ccccc6)c6ccccc6)ccc4n5-c4cccc5c4sc4ccccc45)cc23)cc1. The Bertz CT molecular complexity index is 9100. The van der Waals surface area contributed by atoms with E-state index in [4.69, 9.17) is 8.83 Å². The molecule has 27 aromatic rings. The lowest BCUT2D eigenvalue weighted by molar-refractivity contribution is 0.668. The fourth-order valence-corrected chi connectivity index (χ4v) is 23.7. The zero-order chi connectivity index (χ0) is 91.1. The zero-order valence-corrected chi connectivity index (χ0v) is 77.0. The van der Waals surface area contributed by atoms with Gasteiger partial charge < -0.3 is 42.8 Å². The number of hydrogen-bond acceptors (Lipinski definition) is 11. The second-order valence-electron chi connectivity index (χ2n) is 34.7. The van der Waals surface area contributed by atoms with Gasteiger partial charge in [-0.2, -0.15) is 0 Å². The number of nitrogens with zero attached hydrogens (tertiary/aromatic N) is 7. The number of fused-ring (bicyclic) bond motifs is 18. The maximum atomic E-state index is 6.57. The number of thiophene rings is 3. The van der Waals surface area contributed by atoms with Gasteiger partial charge in [0.05, 0.1) is 21.4 Å². The second-order valence-corrected chi connectivity index (χ2v) is 37.9. The van der Waals surface area contributed by atoms with Gasteiger partial charge in [-0.05, 0) is 279 Å². The van der Waals surface area contributed by atoms with Crippen LogP contribution in [0.15, 0.2) is 512 Å². The minimum Gasteiger partial charge on any atom is -0.456 e. The highest BCUT2D eigenvalue weighted by Crippen LogP contribution is 2.52. The molecule has 0 aliphatic heterocycles. The molecule has 6 heterocycles. The van der Waals surface area contributed by atoms with Crippen molar-refractivity contribution in [3.05, 3.63) is 504 Å². The summed E-state index contributed by atoms with van der Waals surface area (Å²) in [6.07, 6.45) is 0. The van der Waals surface area contributed by atoms with Crippen LogP contribution in [0.25, 0.3) is 132 Å². The van der Waals surface area contributed by atoms with E-state index in [9.17, 15) is 0 Å². The van der Waals surface area contributed by atoms with Crippen LogP contribution in [0.4, 0.5) is 102 Å². The van der Waals surface area contributed by atoms with E-state index >= 15 is 0 Å². The molecule has 0 amide bonds. The van der Waals surface area contributed by atoms with Crippen LogP contribution < -0.4 is 29.4 Å². The number of aromatic nitrogens is 1. The topological polar surface area (TPSA) is 50.7 Å². The maximum absolute atomic E-state index is 6.57. The van der Waals surface area contributed by atoms with Gasteiger partial charge in [0.15, 0.2) is 0 Å². The molecule has 9 nitrogen and oxygen atoms in total. The molecular weight excluding hydrogens is 1740 g/mol. The van der Waals surface area contributed by atoms with Gasteiger partial charge in [0, 0.05) is 191 Å². The van der Waals surface area contributed by atoms with E-state index in [-0.39, 0.29) is 0 Å². The summed E-state index contributed by atoms with van der Waals surface area (Å²) in [6, 6.07) is 181. The smallest absolute Gasteiger partial charge is 0.135 e. The van der Waals surface area contributed by atoms with Crippen molar-refractivity contribution in [1.82, 2.24) is 4.57 Å². The van der Waals surface area contributed by atoms with Gasteiger partial charge in [0.2, 0.25) is 0 Å². The molecule has 0 aliphatic carbocycles. The van der Waals surface area contributed by atoms with E-state index in [1.165, 1.54) is 77.0 Å². The molecular formula is C126H83N7O2S3. The Morgan fingerprint density at radius 1 is 0.145 bits per heavy atom. The predicted octanol–water partition coefficient (Wildman–Crippen LogP) is 38.2. The summed E-state index contributed by atoms with van der Waals surface area (Å²) in [7, 11) is 0. The maximum Gasteiger partial charge on any atom is 0.135 e. The highest BCUT2D eigenvalue weighted by molar-refractivity contribution is 7.27. The predicted molar refractivity (Wildman–Crippen MR) is 589 cm³/mol. The first kappa shape index (κ1) is 81.3. The van der Waals surface area contributed by atoms with E-state index in [1.807, 2.05) is 46.1 Å². The quantitative estimate of drug-likeness (QED) is 0.0794. The normalized spacial score (nSPS) is 11.6. The zero-order valence-electron chi connectivity index (χ0n) is 74.6. The average Bonchev–Trinajstić information content (AvgIpc) is 1.56. The van der Waals surface area contributed by atoms with Crippen molar-refractivity contribution >= 4 is 263 Å². The molecule has 0 radical (unpaired) electrons. The summed E-state index contributed by atoms with van der Waals surface area (Å²) < 4.78 is 22.9. The van der Waals surface area contributed by atoms with Gasteiger partial charge >= 0.3 is 0 Å². The number of hydrogen-bond donors (Lipinski definition) is 0. The van der Waals surface area contributed by atoms with E-state index in [2.05, 4.69) is 525 Å². The van der Waals surface area contributed by atoms with Crippen LogP contribution in [0.3, 0.4) is 0 Å². The molecule has 652 valence electrons. The molecule has 138 heavy (non-hydrogen) atoms. The van der Waals surface area contributed by atoms with E-state index in [0.29, 0.717) is 0 Å². The Morgan fingerprint density at radius 2 is 0.391 bits per heavy atom. The third kappa shape index (κ3) is 14.5. The van der Waals surface area contributed by atoms with Gasteiger partial charge in [-0.15, -0.1) is 34.0 Å². The first-order chi connectivity index (χ1) is 68.4. The Balaban J connectivity index is 0.000000143. The summed E-state index contributed by atoms with van der Waals surface area (Å²) in [4.78, 5) is 14.1. The molecule has 0 unspecified atom stereocenters. The van der Waals surface area contributed by atoms with E-state index in [0.717, 1.165) is 157 Å². The Hall–Kier alpha value is -17.5. The van der Waals surface area contributed by atoms with Crippen molar-refractivity contribution < 1.29 is 8.83 Å². The molecule has 0 saturated heterocycles. The number of para-hydroxylation sites is 10. The van der Waals surface area contributed by atoms with Crippen LogP contribution in [0.2, 0.25) is 0 Å². The highest BCUT2D eigenvalue weighted by Gasteiger charge is 2.27. The Kier molecular flexibility index (Phi) is 20.3. The lowest BCUT2D eigenvalue weighted by atomic mass is 10.1. The van der Waals surface area contributed by atoms with Gasteiger partial charge in [-0.1, -0.05) is 224 Å². The summed E-state index contributed by atoms with van der Waals surface area (Å²) in [5.41, 5.74) is 26.6. The fourth-order valence-electron chi connectivity index (χ4n) is 20.3. The van der Waals surface area contributed by atoms with Crippen LogP contribution in [-0.2, 0) is 0 Å². The molecule has 0 saturated carbocycles. The van der Waals surface area contributed by atoms with E-state index < -0.39 is 0 Å². The average molecular weight is 1820 g/mol. The molecule has 0 bridgehead atoms. The second kappa shape index (κ2) is 34.5. The third-order valence-corrected chi connectivity index (χ3v) is 30.0. The van der Waals surface area contributed by atoms with Crippen molar-refractivity contribution in [3.8, 4) is 5.69 Å². The molecule has 0 fully saturated rings. The van der Waals surface area contributed by atoms with Crippen molar-refractivity contribution in [2.75, 3.05) is 29.4 Å². The minimum atomic E-state index is 0.836. The van der Waals surface area contributed by atoms with Crippen LogP contribution in [0.5, 0.6) is 0 Å². The molecule has 0 atom stereocenters. The standard InChI is InChI=1S/C66H44N4S2.C60H39N3O2S/c1-6-19-45(20-7-1)67(46-21-8-2-9-22-46)50-34-38-60-57(41-50)58-42-51(35-39-61(58)70(60)62-31-18-30-56-54-29-16-17-32-63(54)72-66(56)62)69(49-27-14-5-15-28-49)52-36-40-64-59(43-52)55-37-33-53(44-65(55)71-64)68(47-23-10-3-11-24-47)48-25-12-4-13-26-48;1-5-15-40(16-6-1)61(41-17-7-2-8-18-41)44-26-32-57-52(36-44)53-37-46(28-33-58(53)65-57)63(45-27-31-56-51(35-45)49-23-13-14-24-55(49)64-56)47-29-34-59-54(38-47)50-30-25-48(39-60(50)66-59)62(42-19-9-3-10-20-42)43-21-11-4-12-22-43/h1-44H;1-39H. The third-order valence-electron chi connectivity index (χ3n) is 26.5. The van der Waals surface area contributed by atoms with Gasteiger partial charge in [0.1, 0.15) is 22.3 Å². The number of benzene rings is 21. The molecule has 0 N–H and O–H groups in total. The first-order valence-corrected chi connectivity index (χ1v) is 48.9. The van der Waals surface area contributed by atoms with Crippen LogP contribution in [0, 0.1) is 0 Å². The van der Waals surface area contributed by atoms with Crippen LogP contribution in [-0.4, -0.2) is 4.57 Å². The Morgan fingerprint density at radius 3 is 0.761 bits per heavy atom. The highest BCUT2D eigenvalue weighted by atomic mass is 32.1. The molecule has 0 aliphatic rings. The number of anilines is 18. The van der Waals surface area contributed by atoms with Gasteiger partial charge in [-0.3, -0.25) is 0 Å².